The van der Waals surface area contributed by atoms with Gasteiger partial charge in [-0.25, -0.2) is 0 Å². The second kappa shape index (κ2) is 8.70. The van der Waals surface area contributed by atoms with Gasteiger partial charge in [-0.05, 0) is 31.3 Å². The largest absolute Gasteiger partial charge is 0.492 e. The summed E-state index contributed by atoms with van der Waals surface area (Å²) in [6, 6.07) is 7.58. The Labute approximate surface area is 137 Å². The lowest BCUT2D eigenvalue weighted by molar-refractivity contribution is 0.186. The predicted molar refractivity (Wildman–Crippen MR) is 93.4 cm³/mol. The Hall–Kier alpha value is -1.85. The zero-order valence-electron chi connectivity index (χ0n) is 14.2. The molecule has 0 aliphatic heterocycles. The quantitative estimate of drug-likeness (QED) is 0.712. The SMILES string of the molecule is CCN(CC)CCOc1cccc2c(=O)n(CCOC)ccc12. The lowest BCUT2D eigenvalue weighted by Crippen LogP contribution is -2.28. The summed E-state index contributed by atoms with van der Waals surface area (Å²) in [6.07, 6.45) is 1.81. The Morgan fingerprint density at radius 3 is 2.57 bits per heavy atom. The molecule has 0 aliphatic carbocycles. The van der Waals surface area contributed by atoms with Gasteiger partial charge in [-0.1, -0.05) is 19.9 Å². The highest BCUT2D eigenvalue weighted by atomic mass is 16.5. The van der Waals surface area contributed by atoms with Crippen molar-refractivity contribution >= 4 is 10.8 Å². The predicted octanol–water partition coefficient (Wildman–Crippen LogP) is 2.37. The lowest BCUT2D eigenvalue weighted by atomic mass is 10.1. The fourth-order valence-corrected chi connectivity index (χ4v) is 2.61. The van der Waals surface area contributed by atoms with Gasteiger partial charge in [-0.3, -0.25) is 4.79 Å². The number of benzene rings is 1. The smallest absolute Gasteiger partial charge is 0.258 e. The number of ether oxygens (including phenoxy) is 2. The minimum atomic E-state index is -0.00579. The first-order chi connectivity index (χ1) is 11.2. The summed E-state index contributed by atoms with van der Waals surface area (Å²) >= 11 is 0. The highest BCUT2D eigenvalue weighted by molar-refractivity contribution is 5.87. The molecule has 0 amide bonds. The molecule has 0 N–H and O–H groups in total. The molecule has 1 aromatic heterocycles. The van der Waals surface area contributed by atoms with Crippen LogP contribution in [0.5, 0.6) is 5.75 Å². The topological polar surface area (TPSA) is 43.7 Å². The number of pyridine rings is 1. The molecule has 23 heavy (non-hydrogen) atoms. The van der Waals surface area contributed by atoms with E-state index in [1.165, 1.54) is 0 Å². The van der Waals surface area contributed by atoms with Gasteiger partial charge in [0.05, 0.1) is 12.0 Å². The summed E-state index contributed by atoms with van der Waals surface area (Å²) in [4.78, 5) is 14.8. The van der Waals surface area contributed by atoms with Crippen molar-refractivity contribution < 1.29 is 9.47 Å². The Kier molecular flexibility index (Phi) is 6.62. The summed E-state index contributed by atoms with van der Waals surface area (Å²) < 4.78 is 12.6. The number of nitrogens with zero attached hydrogens (tertiary/aromatic N) is 2. The number of rotatable bonds is 9. The molecule has 2 aromatic rings. The first-order valence-corrected chi connectivity index (χ1v) is 8.17. The van der Waals surface area contributed by atoms with Crippen LogP contribution in [-0.4, -0.2) is 49.4 Å². The molecule has 0 saturated heterocycles. The van der Waals surface area contributed by atoms with Crippen LogP contribution in [0.2, 0.25) is 0 Å². The molecular weight excluding hydrogens is 292 g/mol. The van der Waals surface area contributed by atoms with Gasteiger partial charge >= 0.3 is 0 Å². The molecule has 0 fully saturated rings. The molecule has 0 atom stereocenters. The third-order valence-corrected chi connectivity index (χ3v) is 4.07. The Bertz CT molecular complexity index is 678. The third kappa shape index (κ3) is 4.33. The zero-order valence-corrected chi connectivity index (χ0v) is 14.2. The number of methoxy groups -OCH3 is 1. The highest BCUT2D eigenvalue weighted by Gasteiger charge is 2.08. The van der Waals surface area contributed by atoms with Crippen LogP contribution < -0.4 is 10.3 Å². The molecule has 5 nitrogen and oxygen atoms in total. The zero-order chi connectivity index (χ0) is 16.7. The molecule has 0 saturated carbocycles. The van der Waals surface area contributed by atoms with Crippen LogP contribution in [0.25, 0.3) is 10.8 Å². The molecule has 0 radical (unpaired) electrons. The summed E-state index contributed by atoms with van der Waals surface area (Å²) in [5.74, 6) is 0.769. The van der Waals surface area contributed by atoms with Crippen LogP contribution >= 0.6 is 0 Å². The maximum absolute atomic E-state index is 12.5. The van der Waals surface area contributed by atoms with Gasteiger partial charge < -0.3 is 18.9 Å². The number of hydrogen-bond acceptors (Lipinski definition) is 4. The van der Waals surface area contributed by atoms with Crippen LogP contribution in [-0.2, 0) is 11.3 Å². The fraction of sp³-hybridized carbons (Fsp3) is 0.500. The van der Waals surface area contributed by atoms with E-state index in [9.17, 15) is 4.79 Å². The van der Waals surface area contributed by atoms with Gasteiger partial charge in [-0.15, -0.1) is 0 Å². The molecule has 0 spiro atoms. The van der Waals surface area contributed by atoms with E-state index >= 15 is 0 Å². The minimum absolute atomic E-state index is 0.00579. The van der Waals surface area contributed by atoms with Gasteiger partial charge in [0, 0.05) is 31.8 Å². The van der Waals surface area contributed by atoms with Crippen LogP contribution in [0.3, 0.4) is 0 Å². The Morgan fingerprint density at radius 1 is 1.09 bits per heavy atom. The van der Waals surface area contributed by atoms with Gasteiger partial charge in [-0.2, -0.15) is 0 Å². The van der Waals surface area contributed by atoms with Crippen molar-refractivity contribution in [2.75, 3.05) is 40.0 Å². The van der Waals surface area contributed by atoms with Crippen molar-refractivity contribution in [3.8, 4) is 5.75 Å². The van der Waals surface area contributed by atoms with Crippen molar-refractivity contribution in [1.29, 1.82) is 0 Å². The minimum Gasteiger partial charge on any atom is -0.492 e. The molecule has 126 valence electrons. The van der Waals surface area contributed by atoms with E-state index in [-0.39, 0.29) is 5.56 Å². The molecule has 1 heterocycles. The van der Waals surface area contributed by atoms with Crippen molar-refractivity contribution in [2.24, 2.45) is 0 Å². The van der Waals surface area contributed by atoms with Crippen molar-refractivity contribution in [3.05, 3.63) is 40.8 Å². The maximum Gasteiger partial charge on any atom is 0.258 e. The molecule has 0 unspecified atom stereocenters. The lowest BCUT2D eigenvalue weighted by Gasteiger charge is -2.18. The van der Waals surface area contributed by atoms with E-state index in [4.69, 9.17) is 9.47 Å². The van der Waals surface area contributed by atoms with E-state index in [0.29, 0.717) is 25.1 Å². The van der Waals surface area contributed by atoms with Crippen LogP contribution in [0.1, 0.15) is 13.8 Å². The van der Waals surface area contributed by atoms with Crippen molar-refractivity contribution in [3.63, 3.8) is 0 Å². The van der Waals surface area contributed by atoms with Gasteiger partial charge in [0.2, 0.25) is 0 Å². The highest BCUT2D eigenvalue weighted by Crippen LogP contribution is 2.23. The Morgan fingerprint density at radius 2 is 1.87 bits per heavy atom. The number of fused-ring (bicyclic) bond motifs is 1. The number of aromatic nitrogens is 1. The van der Waals surface area contributed by atoms with E-state index in [2.05, 4.69) is 18.7 Å². The summed E-state index contributed by atoms with van der Waals surface area (Å²) in [6.45, 7) is 8.89. The van der Waals surface area contributed by atoms with Gasteiger partial charge in [0.15, 0.2) is 0 Å². The Balaban J connectivity index is 2.18. The van der Waals surface area contributed by atoms with E-state index in [0.717, 1.165) is 30.8 Å². The number of hydrogen-bond donors (Lipinski definition) is 0. The fourth-order valence-electron chi connectivity index (χ4n) is 2.61. The summed E-state index contributed by atoms with van der Waals surface area (Å²) in [5, 5.41) is 1.55. The van der Waals surface area contributed by atoms with Crippen molar-refractivity contribution in [2.45, 2.75) is 20.4 Å². The second-order valence-electron chi connectivity index (χ2n) is 5.40. The molecule has 0 bridgehead atoms. The first-order valence-electron chi connectivity index (χ1n) is 8.17. The molecule has 1 aromatic carbocycles. The van der Waals surface area contributed by atoms with Crippen LogP contribution in [0.4, 0.5) is 0 Å². The summed E-state index contributed by atoms with van der Waals surface area (Å²) in [7, 11) is 1.63. The molecule has 2 rings (SSSR count). The van der Waals surface area contributed by atoms with Gasteiger partial charge in [0.25, 0.3) is 5.56 Å². The van der Waals surface area contributed by atoms with E-state index in [1.807, 2.05) is 24.3 Å². The first kappa shape index (κ1) is 17.5. The van der Waals surface area contributed by atoms with Crippen LogP contribution in [0, 0.1) is 0 Å². The third-order valence-electron chi connectivity index (χ3n) is 4.07. The average molecular weight is 318 g/mol. The number of likely N-dealkylation sites (N-methyl/N-ethyl adjacent to an activating group) is 1. The average Bonchev–Trinajstić information content (AvgIpc) is 2.58. The normalized spacial score (nSPS) is 11.3. The maximum atomic E-state index is 12.5. The molecule has 0 aliphatic rings. The summed E-state index contributed by atoms with van der Waals surface area (Å²) in [5.41, 5.74) is -0.00579. The van der Waals surface area contributed by atoms with Crippen LogP contribution in [0.15, 0.2) is 35.3 Å². The second-order valence-corrected chi connectivity index (χ2v) is 5.40. The van der Waals surface area contributed by atoms with Gasteiger partial charge in [0.1, 0.15) is 12.4 Å². The van der Waals surface area contributed by atoms with E-state index in [1.54, 1.807) is 17.9 Å². The standard InChI is InChI=1S/C18H26N2O3/c1-4-19(5-2)11-14-23-17-8-6-7-16-15(17)9-10-20(18(16)21)12-13-22-3/h6-10H,4-5,11-14H2,1-3H3. The monoisotopic (exact) mass is 318 g/mol. The van der Waals surface area contributed by atoms with Crippen molar-refractivity contribution in [1.82, 2.24) is 9.47 Å². The molecular formula is C18H26N2O3. The molecule has 5 heteroatoms. The van der Waals surface area contributed by atoms with E-state index < -0.39 is 0 Å².